The second-order valence-electron chi connectivity index (χ2n) is 5.67. The van der Waals surface area contributed by atoms with Crippen molar-refractivity contribution < 1.29 is 9.63 Å². The lowest BCUT2D eigenvalue weighted by atomic mass is 10.0. The van der Waals surface area contributed by atoms with Crippen LogP contribution in [0.15, 0.2) is 4.52 Å². The Bertz CT molecular complexity index is 443. The summed E-state index contributed by atoms with van der Waals surface area (Å²) in [6, 6.07) is 0.134. The molecule has 106 valence electrons. The van der Waals surface area contributed by atoms with Gasteiger partial charge in [0.25, 0.3) is 5.89 Å². The molecular formula is C12H21N5O2. The van der Waals surface area contributed by atoms with Crippen molar-refractivity contribution in [3.8, 4) is 0 Å². The van der Waals surface area contributed by atoms with Crippen LogP contribution in [0.3, 0.4) is 0 Å². The molecule has 2 aliphatic rings. The molecule has 1 aromatic heterocycles. The number of piperazine rings is 1. The summed E-state index contributed by atoms with van der Waals surface area (Å²) in [7, 11) is 4.16. The third kappa shape index (κ3) is 2.38. The number of rotatable bonds is 2. The van der Waals surface area contributed by atoms with E-state index in [1.54, 1.807) is 0 Å². The van der Waals surface area contributed by atoms with E-state index in [0.29, 0.717) is 24.7 Å². The zero-order chi connectivity index (χ0) is 13.5. The van der Waals surface area contributed by atoms with E-state index in [9.17, 15) is 5.11 Å². The number of β-amino-alcohol motifs (C(OH)–C–C–N with tert-alkyl or cyclic N) is 1. The van der Waals surface area contributed by atoms with Crippen molar-refractivity contribution in [2.75, 3.05) is 46.8 Å². The van der Waals surface area contributed by atoms with Gasteiger partial charge in [-0.3, -0.25) is 4.90 Å². The highest BCUT2D eigenvalue weighted by atomic mass is 16.5. The van der Waals surface area contributed by atoms with Crippen molar-refractivity contribution in [2.24, 2.45) is 0 Å². The van der Waals surface area contributed by atoms with Gasteiger partial charge in [-0.05, 0) is 27.1 Å². The lowest BCUT2D eigenvalue weighted by Gasteiger charge is -2.35. The number of aromatic nitrogens is 2. The van der Waals surface area contributed by atoms with Gasteiger partial charge in [0, 0.05) is 26.2 Å². The molecule has 0 bridgehead atoms. The lowest BCUT2D eigenvalue weighted by molar-refractivity contribution is 0.0242. The molecule has 2 N–H and O–H groups in total. The smallest absolute Gasteiger partial charge is 0.260 e. The third-order valence-corrected chi connectivity index (χ3v) is 4.12. The molecule has 0 saturated carbocycles. The molecule has 19 heavy (non-hydrogen) atoms. The van der Waals surface area contributed by atoms with E-state index in [1.165, 1.54) is 0 Å². The van der Waals surface area contributed by atoms with Crippen molar-refractivity contribution in [3.63, 3.8) is 0 Å². The molecule has 3 heterocycles. The Morgan fingerprint density at radius 1 is 1.42 bits per heavy atom. The number of nitrogens with zero attached hydrogens (tertiary/aromatic N) is 4. The number of likely N-dealkylation sites (N-methyl/N-ethyl adjacent to an activating group) is 2. The van der Waals surface area contributed by atoms with Crippen LogP contribution in [0.4, 0.5) is 0 Å². The van der Waals surface area contributed by atoms with Gasteiger partial charge in [0.05, 0.1) is 6.04 Å². The van der Waals surface area contributed by atoms with Gasteiger partial charge in [-0.1, -0.05) is 5.16 Å². The molecule has 7 nitrogen and oxygen atoms in total. The second-order valence-corrected chi connectivity index (χ2v) is 5.67. The van der Waals surface area contributed by atoms with Crippen molar-refractivity contribution in [3.05, 3.63) is 11.7 Å². The highest BCUT2D eigenvalue weighted by molar-refractivity contribution is 5.06. The number of hydrogen-bond donors (Lipinski definition) is 2. The Labute approximate surface area is 112 Å². The lowest BCUT2D eigenvalue weighted by Crippen LogP contribution is -2.45. The van der Waals surface area contributed by atoms with E-state index < -0.39 is 5.60 Å². The first-order valence-electron chi connectivity index (χ1n) is 6.74. The number of hydrogen-bond acceptors (Lipinski definition) is 7. The topological polar surface area (TPSA) is 77.7 Å². The molecule has 0 amide bonds. The van der Waals surface area contributed by atoms with E-state index in [4.69, 9.17) is 4.52 Å². The molecule has 7 heteroatoms. The fourth-order valence-electron chi connectivity index (χ4n) is 2.71. The van der Waals surface area contributed by atoms with Gasteiger partial charge < -0.3 is 19.8 Å². The zero-order valence-corrected chi connectivity index (χ0v) is 11.5. The van der Waals surface area contributed by atoms with E-state index >= 15 is 0 Å². The summed E-state index contributed by atoms with van der Waals surface area (Å²) in [5.41, 5.74) is -0.996. The minimum absolute atomic E-state index is 0.134. The molecule has 0 aliphatic carbocycles. The molecule has 2 saturated heterocycles. The van der Waals surface area contributed by atoms with Crippen molar-refractivity contribution in [1.29, 1.82) is 0 Å². The van der Waals surface area contributed by atoms with Gasteiger partial charge in [0.15, 0.2) is 11.4 Å². The van der Waals surface area contributed by atoms with Gasteiger partial charge in [0.1, 0.15) is 0 Å². The summed E-state index contributed by atoms with van der Waals surface area (Å²) < 4.78 is 5.29. The van der Waals surface area contributed by atoms with Gasteiger partial charge in [-0.2, -0.15) is 4.98 Å². The fourth-order valence-corrected chi connectivity index (χ4v) is 2.71. The van der Waals surface area contributed by atoms with Gasteiger partial charge in [-0.15, -0.1) is 0 Å². The molecule has 0 radical (unpaired) electrons. The quantitative estimate of drug-likeness (QED) is 0.724. The molecule has 3 rings (SSSR count). The minimum Gasteiger partial charge on any atom is -0.379 e. The average Bonchev–Trinajstić information content (AvgIpc) is 3.02. The van der Waals surface area contributed by atoms with Crippen molar-refractivity contribution in [2.45, 2.75) is 18.1 Å². The zero-order valence-electron chi connectivity index (χ0n) is 11.5. The molecule has 0 spiro atoms. The van der Waals surface area contributed by atoms with Crippen molar-refractivity contribution >= 4 is 0 Å². The van der Waals surface area contributed by atoms with Gasteiger partial charge in [-0.25, -0.2) is 0 Å². The second kappa shape index (κ2) is 4.82. The van der Waals surface area contributed by atoms with Crippen LogP contribution in [0.5, 0.6) is 0 Å². The molecule has 2 fully saturated rings. The SMILES string of the molecule is CN1CCN(C)C(c2noc(C3(O)CCNC3)n2)C1. The first-order chi connectivity index (χ1) is 9.08. The Morgan fingerprint density at radius 3 is 3.00 bits per heavy atom. The number of nitrogens with one attached hydrogen (secondary N) is 1. The van der Waals surface area contributed by atoms with Crippen LogP contribution < -0.4 is 5.32 Å². The standard InChI is InChI=1S/C12H21N5O2/c1-16-5-6-17(2)9(7-16)10-14-11(19-15-10)12(18)3-4-13-8-12/h9,13,18H,3-8H2,1-2H3. The first kappa shape index (κ1) is 13.0. The Morgan fingerprint density at radius 2 is 2.26 bits per heavy atom. The predicted octanol–water partition coefficient (Wildman–Crippen LogP) is -0.831. The van der Waals surface area contributed by atoms with Gasteiger partial charge >= 0.3 is 0 Å². The molecule has 2 aliphatic heterocycles. The predicted molar refractivity (Wildman–Crippen MR) is 68.5 cm³/mol. The van der Waals surface area contributed by atoms with Crippen LogP contribution in [0.2, 0.25) is 0 Å². The fraction of sp³-hybridized carbons (Fsp3) is 0.833. The summed E-state index contributed by atoms with van der Waals surface area (Å²) in [5.74, 6) is 1.01. The normalized spacial score (nSPS) is 33.9. The maximum atomic E-state index is 10.4. The van der Waals surface area contributed by atoms with E-state index in [2.05, 4.69) is 39.4 Å². The summed E-state index contributed by atoms with van der Waals surface area (Å²) in [6.45, 7) is 4.17. The largest absolute Gasteiger partial charge is 0.379 e. The van der Waals surface area contributed by atoms with Crippen LogP contribution in [0.25, 0.3) is 0 Å². The molecular weight excluding hydrogens is 246 g/mol. The van der Waals surface area contributed by atoms with Crippen LogP contribution in [-0.4, -0.2) is 71.9 Å². The Kier molecular flexibility index (Phi) is 3.30. The maximum absolute atomic E-state index is 10.4. The van der Waals surface area contributed by atoms with Crippen LogP contribution in [0, 0.1) is 0 Å². The Hall–Kier alpha value is -1.02. The molecule has 0 aromatic carbocycles. The van der Waals surface area contributed by atoms with Crippen molar-refractivity contribution in [1.82, 2.24) is 25.3 Å². The summed E-state index contributed by atoms with van der Waals surface area (Å²) in [5, 5.41) is 17.6. The number of aliphatic hydroxyl groups is 1. The van der Waals surface area contributed by atoms with Crippen LogP contribution in [-0.2, 0) is 5.60 Å². The third-order valence-electron chi connectivity index (χ3n) is 4.12. The van der Waals surface area contributed by atoms with E-state index in [1.807, 2.05) is 0 Å². The summed E-state index contributed by atoms with van der Waals surface area (Å²) in [6.07, 6.45) is 0.620. The first-order valence-corrected chi connectivity index (χ1v) is 6.74. The van der Waals surface area contributed by atoms with E-state index in [0.717, 1.165) is 26.2 Å². The van der Waals surface area contributed by atoms with Gasteiger partial charge in [0.2, 0.25) is 0 Å². The highest BCUT2D eigenvalue weighted by Gasteiger charge is 2.40. The van der Waals surface area contributed by atoms with E-state index in [-0.39, 0.29) is 6.04 Å². The Balaban J connectivity index is 1.80. The molecule has 1 aromatic rings. The summed E-state index contributed by atoms with van der Waals surface area (Å²) >= 11 is 0. The van der Waals surface area contributed by atoms with Crippen LogP contribution in [0.1, 0.15) is 24.2 Å². The average molecular weight is 267 g/mol. The maximum Gasteiger partial charge on any atom is 0.260 e. The molecule has 2 atom stereocenters. The minimum atomic E-state index is -0.996. The summed E-state index contributed by atoms with van der Waals surface area (Å²) in [4.78, 5) is 8.92. The monoisotopic (exact) mass is 267 g/mol. The van der Waals surface area contributed by atoms with Crippen LogP contribution >= 0.6 is 0 Å². The highest BCUT2D eigenvalue weighted by Crippen LogP contribution is 2.28. The molecule has 2 unspecified atom stereocenters.